The largest absolute Gasteiger partial charge is 0.493 e. The number of hydrogen-bond acceptors (Lipinski definition) is 8. The van der Waals surface area contributed by atoms with Crippen molar-refractivity contribution < 1.29 is 31.1 Å². The Morgan fingerprint density at radius 1 is 0.800 bits per heavy atom. The molecule has 0 bridgehead atoms. The maximum absolute atomic E-state index is 13.2. The van der Waals surface area contributed by atoms with Crippen LogP contribution in [0.15, 0.2) is 101 Å². The van der Waals surface area contributed by atoms with E-state index >= 15 is 0 Å². The van der Waals surface area contributed by atoms with E-state index in [1.54, 1.807) is 12.1 Å². The predicted octanol–water partition coefficient (Wildman–Crippen LogP) is 3.98. The second-order valence-corrected chi connectivity index (χ2v) is 12.0. The molecule has 208 valence electrons. The molecule has 0 saturated carbocycles. The summed E-state index contributed by atoms with van der Waals surface area (Å²) in [5, 5.41) is 2.69. The molecule has 13 heteroatoms. The summed E-state index contributed by atoms with van der Waals surface area (Å²) in [6, 6.07) is 19.1. The molecule has 0 radical (unpaired) electrons. The molecule has 0 fully saturated rings. The average molecular weight is 583 g/mol. The third-order valence-electron chi connectivity index (χ3n) is 5.84. The van der Waals surface area contributed by atoms with Crippen molar-refractivity contribution in [3.63, 3.8) is 0 Å². The van der Waals surface area contributed by atoms with Crippen LogP contribution in [0.5, 0.6) is 11.5 Å². The van der Waals surface area contributed by atoms with Crippen molar-refractivity contribution in [1.82, 2.24) is 4.98 Å². The van der Waals surface area contributed by atoms with Gasteiger partial charge in [0.2, 0.25) is 0 Å². The Hall–Kier alpha value is -4.62. The minimum Gasteiger partial charge on any atom is -0.493 e. The third kappa shape index (κ3) is 6.16. The van der Waals surface area contributed by atoms with Crippen molar-refractivity contribution in [1.29, 1.82) is 0 Å². The lowest BCUT2D eigenvalue weighted by molar-refractivity contribution is 0.102. The van der Waals surface area contributed by atoms with Gasteiger partial charge in [-0.2, -0.15) is 0 Å². The highest BCUT2D eigenvalue weighted by molar-refractivity contribution is 7.93. The number of hydrogen-bond donors (Lipinski definition) is 2. The summed E-state index contributed by atoms with van der Waals surface area (Å²) in [5.74, 6) is 0.220. The van der Waals surface area contributed by atoms with Gasteiger partial charge in [0.1, 0.15) is 0 Å². The number of nitrogens with zero attached hydrogens (tertiary/aromatic N) is 2. The van der Waals surface area contributed by atoms with Gasteiger partial charge in [-0.15, -0.1) is 0 Å². The average Bonchev–Trinajstić information content (AvgIpc) is 2.97. The molecule has 4 rings (SSSR count). The molecule has 0 aliphatic heterocycles. The number of sulfonamides is 2. The molecule has 1 heterocycles. The van der Waals surface area contributed by atoms with Gasteiger partial charge in [0, 0.05) is 30.6 Å². The van der Waals surface area contributed by atoms with E-state index in [9.17, 15) is 21.6 Å². The fraction of sp³-hybridized carbons (Fsp3) is 0.111. The van der Waals surface area contributed by atoms with E-state index in [4.69, 9.17) is 9.47 Å². The lowest BCUT2D eigenvalue weighted by Gasteiger charge is -2.20. The van der Waals surface area contributed by atoms with Crippen molar-refractivity contribution in [2.75, 3.05) is 35.6 Å². The number of pyridine rings is 1. The summed E-state index contributed by atoms with van der Waals surface area (Å²) in [7, 11) is -3.49. The van der Waals surface area contributed by atoms with E-state index in [0.29, 0.717) is 22.8 Å². The first-order chi connectivity index (χ1) is 19.0. The maximum atomic E-state index is 13.2. The second-order valence-electron chi connectivity index (χ2n) is 8.36. The van der Waals surface area contributed by atoms with Crippen LogP contribution in [0.3, 0.4) is 0 Å². The number of ether oxygens (including phenoxy) is 2. The first kappa shape index (κ1) is 28.4. The van der Waals surface area contributed by atoms with Gasteiger partial charge in [0.15, 0.2) is 11.5 Å². The van der Waals surface area contributed by atoms with Crippen LogP contribution in [0.1, 0.15) is 10.4 Å². The molecule has 2 N–H and O–H groups in total. The molecule has 0 unspecified atom stereocenters. The van der Waals surface area contributed by atoms with Crippen LogP contribution in [0.2, 0.25) is 0 Å². The quantitative estimate of drug-likeness (QED) is 0.286. The minimum absolute atomic E-state index is 0.00978. The van der Waals surface area contributed by atoms with E-state index < -0.39 is 26.0 Å². The zero-order chi connectivity index (χ0) is 28.9. The summed E-state index contributed by atoms with van der Waals surface area (Å²) < 4.78 is 65.4. The Morgan fingerprint density at radius 3 is 2.05 bits per heavy atom. The van der Waals surface area contributed by atoms with Gasteiger partial charge in [-0.3, -0.25) is 18.8 Å². The Balaban J connectivity index is 1.44. The molecule has 0 saturated heterocycles. The number of nitrogens with one attached hydrogen (secondary N) is 2. The van der Waals surface area contributed by atoms with E-state index in [2.05, 4.69) is 15.0 Å². The normalized spacial score (nSPS) is 11.4. The molecule has 40 heavy (non-hydrogen) atoms. The smallest absolute Gasteiger partial charge is 0.264 e. The summed E-state index contributed by atoms with van der Waals surface area (Å²) >= 11 is 0. The molecule has 0 atom stereocenters. The summed E-state index contributed by atoms with van der Waals surface area (Å²) in [4.78, 5) is 16.7. The van der Waals surface area contributed by atoms with E-state index in [-0.39, 0.29) is 21.1 Å². The van der Waals surface area contributed by atoms with Crippen LogP contribution in [-0.4, -0.2) is 49.0 Å². The SMILES string of the molecule is COc1ccc(S(=O)(=O)N(C)c2ccc(C(=O)Nc3ccc(S(=O)(=O)Nc4cccnc4)cc3)cc2)cc1OC. The Bertz CT molecular complexity index is 1710. The lowest BCUT2D eigenvalue weighted by Crippen LogP contribution is -2.26. The van der Waals surface area contributed by atoms with Crippen molar-refractivity contribution in [3.05, 3.63) is 96.8 Å². The molecule has 4 aromatic rings. The molecule has 1 amide bonds. The molecule has 0 spiro atoms. The molecule has 11 nitrogen and oxygen atoms in total. The van der Waals surface area contributed by atoms with Crippen molar-refractivity contribution in [2.24, 2.45) is 0 Å². The number of rotatable bonds is 10. The summed E-state index contributed by atoms with van der Waals surface area (Å²) in [6.45, 7) is 0. The highest BCUT2D eigenvalue weighted by Gasteiger charge is 2.23. The lowest BCUT2D eigenvalue weighted by atomic mass is 10.2. The van der Waals surface area contributed by atoms with Gasteiger partial charge in [-0.25, -0.2) is 16.8 Å². The molecule has 1 aromatic heterocycles. The molecule has 0 aliphatic carbocycles. The molecular weight excluding hydrogens is 556 g/mol. The van der Waals surface area contributed by atoms with Crippen LogP contribution in [0.4, 0.5) is 17.1 Å². The number of anilines is 3. The van der Waals surface area contributed by atoms with E-state index in [0.717, 1.165) is 4.31 Å². The van der Waals surface area contributed by atoms with Gasteiger partial charge in [-0.05, 0) is 72.8 Å². The third-order valence-corrected chi connectivity index (χ3v) is 9.02. The summed E-state index contributed by atoms with van der Waals surface area (Å²) in [5.41, 5.74) is 1.31. The maximum Gasteiger partial charge on any atom is 0.264 e. The number of carbonyl (C=O) groups is 1. The topological polar surface area (TPSA) is 144 Å². The summed E-state index contributed by atoms with van der Waals surface area (Å²) in [6.07, 6.45) is 2.92. The van der Waals surface area contributed by atoms with Crippen molar-refractivity contribution in [3.8, 4) is 11.5 Å². The van der Waals surface area contributed by atoms with Gasteiger partial charge in [0.05, 0.1) is 41.6 Å². The zero-order valence-corrected chi connectivity index (χ0v) is 23.4. The van der Waals surface area contributed by atoms with Gasteiger partial charge in [-0.1, -0.05) is 0 Å². The molecule has 3 aromatic carbocycles. The molecular formula is C27H26N4O7S2. The number of benzene rings is 3. The highest BCUT2D eigenvalue weighted by atomic mass is 32.2. The second kappa shape index (κ2) is 11.6. The number of carbonyl (C=O) groups excluding carboxylic acids is 1. The van der Waals surface area contributed by atoms with Crippen LogP contribution >= 0.6 is 0 Å². The van der Waals surface area contributed by atoms with Crippen molar-refractivity contribution in [2.45, 2.75) is 9.79 Å². The van der Waals surface area contributed by atoms with E-state index in [1.807, 2.05) is 0 Å². The number of methoxy groups -OCH3 is 2. The van der Waals surface area contributed by atoms with Crippen molar-refractivity contribution >= 4 is 43.0 Å². The monoisotopic (exact) mass is 582 g/mol. The predicted molar refractivity (Wildman–Crippen MR) is 151 cm³/mol. The fourth-order valence-electron chi connectivity index (χ4n) is 3.65. The Morgan fingerprint density at radius 2 is 1.45 bits per heavy atom. The zero-order valence-electron chi connectivity index (χ0n) is 21.7. The first-order valence-corrected chi connectivity index (χ1v) is 14.6. The van der Waals surface area contributed by atoms with Gasteiger partial charge >= 0.3 is 0 Å². The first-order valence-electron chi connectivity index (χ1n) is 11.7. The Kier molecular flexibility index (Phi) is 8.26. The number of amides is 1. The number of aromatic nitrogens is 1. The standard InChI is InChI=1S/C27H26N4O7S2/c1-31(40(35,36)24-14-15-25(37-2)26(17-24)38-3)22-10-6-19(7-11-22)27(32)29-20-8-12-23(13-9-20)39(33,34)30-21-5-4-16-28-18-21/h4-18,30H,1-3H3,(H,29,32). The fourth-order valence-corrected chi connectivity index (χ4v) is 5.91. The van der Waals surface area contributed by atoms with Gasteiger partial charge < -0.3 is 14.8 Å². The van der Waals surface area contributed by atoms with Crippen LogP contribution in [-0.2, 0) is 20.0 Å². The van der Waals surface area contributed by atoms with Crippen LogP contribution in [0, 0.1) is 0 Å². The molecule has 0 aliphatic rings. The van der Waals surface area contributed by atoms with Gasteiger partial charge in [0.25, 0.3) is 26.0 Å². The van der Waals surface area contributed by atoms with E-state index in [1.165, 1.54) is 100 Å². The minimum atomic E-state index is -3.93. The van der Waals surface area contributed by atoms with Crippen LogP contribution in [0.25, 0.3) is 0 Å². The Labute approximate surface area is 232 Å². The van der Waals surface area contributed by atoms with Crippen LogP contribution < -0.4 is 23.8 Å². The highest BCUT2D eigenvalue weighted by Crippen LogP contribution is 2.31.